The zero-order chi connectivity index (χ0) is 27.4. The summed E-state index contributed by atoms with van der Waals surface area (Å²) in [5.74, 6) is -0.646. The van der Waals surface area contributed by atoms with Crippen molar-refractivity contribution in [3.63, 3.8) is 0 Å². The molecule has 11 nitrogen and oxygen atoms in total. The number of amides is 5. The summed E-state index contributed by atoms with van der Waals surface area (Å²) in [5, 5.41) is 0. The topological polar surface area (TPSA) is 164 Å². The first-order valence-corrected chi connectivity index (χ1v) is 12.6. The second-order valence-electron chi connectivity index (χ2n) is 8.93. The van der Waals surface area contributed by atoms with E-state index in [1.807, 2.05) is 13.8 Å². The molecule has 3 heterocycles. The van der Waals surface area contributed by atoms with Crippen molar-refractivity contribution in [1.29, 1.82) is 0 Å². The van der Waals surface area contributed by atoms with Gasteiger partial charge in [0.25, 0.3) is 5.91 Å². The molecular weight excluding hydrogens is 466 g/mol. The smallest absolute Gasteiger partial charge is 0.265 e. The van der Waals surface area contributed by atoms with Crippen LogP contribution in [0, 0.1) is 0 Å². The molecule has 0 aromatic heterocycles. The van der Waals surface area contributed by atoms with E-state index in [1.54, 1.807) is 29.7 Å². The highest BCUT2D eigenvalue weighted by Gasteiger charge is 2.30. The molecule has 202 valence electrons. The Hall–Kier alpha value is -3.24. The number of hydrogen-bond acceptors (Lipinski definition) is 6. The molecule has 3 fully saturated rings. The molecule has 4 N–H and O–H groups in total. The number of rotatable bonds is 8. The lowest BCUT2D eigenvalue weighted by molar-refractivity contribution is -0.136. The third kappa shape index (κ3) is 8.46. The maximum atomic E-state index is 11.3. The van der Waals surface area contributed by atoms with Crippen LogP contribution in [0.15, 0.2) is 11.8 Å². The van der Waals surface area contributed by atoms with Crippen LogP contribution in [0.1, 0.15) is 79.1 Å². The van der Waals surface area contributed by atoms with Gasteiger partial charge in [-0.15, -0.1) is 0 Å². The first-order chi connectivity index (χ1) is 17.0. The van der Waals surface area contributed by atoms with Gasteiger partial charge >= 0.3 is 0 Å². The van der Waals surface area contributed by atoms with Crippen molar-refractivity contribution in [2.45, 2.75) is 91.1 Å². The van der Waals surface area contributed by atoms with Crippen molar-refractivity contribution in [3.8, 4) is 0 Å². The molecule has 3 rings (SSSR count). The summed E-state index contributed by atoms with van der Waals surface area (Å²) < 4.78 is 0. The zero-order valence-electron chi connectivity index (χ0n) is 22.0. The molecule has 0 aromatic rings. The Kier molecular flexibility index (Phi) is 12.8. The van der Waals surface area contributed by atoms with E-state index in [1.165, 1.54) is 4.90 Å². The Morgan fingerprint density at radius 1 is 0.806 bits per heavy atom. The third-order valence-corrected chi connectivity index (χ3v) is 6.43. The van der Waals surface area contributed by atoms with E-state index >= 15 is 0 Å². The summed E-state index contributed by atoms with van der Waals surface area (Å²) in [5.41, 5.74) is 10.6. The van der Waals surface area contributed by atoms with E-state index in [0.29, 0.717) is 44.5 Å². The quantitative estimate of drug-likeness (QED) is 0.462. The Morgan fingerprint density at radius 3 is 1.53 bits per heavy atom. The summed E-state index contributed by atoms with van der Waals surface area (Å²) in [6.45, 7) is 9.11. The standard InChI is InChI=1S/C9H15NO2.C8H14N2O2.C8H12N2O2/c1-3-8(7(2)11)10-6-4-5-9(10)12;2*1-2-6(8(9)12)10-5-3-4-7(10)11/h8H,3-6H2,1-2H3;6H,2-5H2,1H3,(H2,9,12);2H,3-5H2,1H3,(H2,9,12). The number of allylic oxidation sites excluding steroid dienone is 1. The highest BCUT2D eigenvalue weighted by atomic mass is 16.2. The molecule has 2 atom stereocenters. The van der Waals surface area contributed by atoms with Crippen LogP contribution >= 0.6 is 0 Å². The molecule has 3 aliphatic heterocycles. The minimum Gasteiger partial charge on any atom is -0.368 e. The van der Waals surface area contributed by atoms with Crippen LogP contribution in [-0.2, 0) is 28.8 Å². The monoisotopic (exact) mass is 507 g/mol. The number of nitrogens with two attached hydrogens (primary N) is 2. The van der Waals surface area contributed by atoms with Crippen LogP contribution in [0.4, 0.5) is 0 Å². The summed E-state index contributed by atoms with van der Waals surface area (Å²) in [7, 11) is 0. The van der Waals surface area contributed by atoms with Crippen molar-refractivity contribution < 1.29 is 28.8 Å². The van der Waals surface area contributed by atoms with Gasteiger partial charge in [-0.3, -0.25) is 28.8 Å². The molecule has 0 aliphatic carbocycles. The first kappa shape index (κ1) is 30.8. The average Bonchev–Trinajstić information content (AvgIpc) is 3.54. The fraction of sp³-hybridized carbons (Fsp3) is 0.680. The number of carbonyl (C=O) groups excluding carboxylic acids is 6. The van der Waals surface area contributed by atoms with E-state index in [2.05, 4.69) is 0 Å². The van der Waals surface area contributed by atoms with E-state index < -0.39 is 11.8 Å². The van der Waals surface area contributed by atoms with Gasteiger partial charge < -0.3 is 26.2 Å². The molecule has 2 unspecified atom stereocenters. The van der Waals surface area contributed by atoms with Gasteiger partial charge in [-0.1, -0.05) is 19.9 Å². The second kappa shape index (κ2) is 15.0. The predicted molar refractivity (Wildman–Crippen MR) is 134 cm³/mol. The molecule has 0 aromatic carbocycles. The number of likely N-dealkylation sites (tertiary alicyclic amines) is 3. The highest BCUT2D eigenvalue weighted by Crippen LogP contribution is 2.17. The van der Waals surface area contributed by atoms with Crippen molar-refractivity contribution in [1.82, 2.24) is 14.7 Å². The Balaban J connectivity index is 0.000000270. The lowest BCUT2D eigenvalue weighted by atomic mass is 10.1. The van der Waals surface area contributed by atoms with E-state index in [-0.39, 0.29) is 35.6 Å². The highest BCUT2D eigenvalue weighted by molar-refractivity contribution is 5.96. The van der Waals surface area contributed by atoms with Gasteiger partial charge in [-0.05, 0) is 46.0 Å². The number of ketones is 1. The van der Waals surface area contributed by atoms with Gasteiger partial charge in [0.2, 0.25) is 23.6 Å². The number of nitrogens with zero attached hydrogens (tertiary/aromatic N) is 3. The third-order valence-electron chi connectivity index (χ3n) is 6.43. The van der Waals surface area contributed by atoms with Crippen molar-refractivity contribution in [2.75, 3.05) is 19.6 Å². The molecule has 3 saturated heterocycles. The second-order valence-corrected chi connectivity index (χ2v) is 8.93. The maximum absolute atomic E-state index is 11.3. The predicted octanol–water partition coefficient (Wildman–Crippen LogP) is 0.847. The summed E-state index contributed by atoms with van der Waals surface area (Å²) in [6, 6.07) is -0.556. The largest absolute Gasteiger partial charge is 0.368 e. The average molecular weight is 508 g/mol. The number of carbonyl (C=O) groups is 6. The Morgan fingerprint density at radius 2 is 1.25 bits per heavy atom. The van der Waals surface area contributed by atoms with E-state index in [0.717, 1.165) is 32.2 Å². The summed E-state index contributed by atoms with van der Waals surface area (Å²) in [6.07, 6.45) is 7.18. The van der Waals surface area contributed by atoms with Gasteiger partial charge in [0.15, 0.2) is 5.78 Å². The number of Topliss-reactive ketones (excluding diaryl/α,β-unsaturated/α-hetero) is 1. The molecule has 0 spiro atoms. The first-order valence-electron chi connectivity index (χ1n) is 12.6. The van der Waals surface area contributed by atoms with Crippen LogP contribution in [0.25, 0.3) is 0 Å². The maximum Gasteiger partial charge on any atom is 0.265 e. The van der Waals surface area contributed by atoms with E-state index in [4.69, 9.17) is 11.5 Å². The minimum atomic E-state index is -0.534. The fourth-order valence-electron chi connectivity index (χ4n) is 4.63. The van der Waals surface area contributed by atoms with Crippen LogP contribution in [0.5, 0.6) is 0 Å². The Bertz CT molecular complexity index is 827. The molecule has 36 heavy (non-hydrogen) atoms. The van der Waals surface area contributed by atoms with Gasteiger partial charge in [0.1, 0.15) is 11.7 Å². The molecular formula is C25H41N5O6. The zero-order valence-corrected chi connectivity index (χ0v) is 22.0. The molecule has 0 saturated carbocycles. The lowest BCUT2D eigenvalue weighted by Crippen LogP contribution is -2.44. The van der Waals surface area contributed by atoms with Gasteiger partial charge in [0, 0.05) is 38.9 Å². The Labute approximate surface area is 213 Å². The summed E-state index contributed by atoms with van der Waals surface area (Å²) in [4.78, 5) is 71.2. The SMILES string of the molecule is CC=C(C(N)=O)N1CCCC1=O.CCC(C(C)=O)N1CCCC1=O.CCC(C(N)=O)N1CCCC1=O. The normalized spacial score (nSPS) is 19.4. The van der Waals surface area contributed by atoms with Gasteiger partial charge in [-0.2, -0.15) is 0 Å². The van der Waals surface area contributed by atoms with Crippen LogP contribution in [0.3, 0.4) is 0 Å². The van der Waals surface area contributed by atoms with E-state index in [9.17, 15) is 28.8 Å². The van der Waals surface area contributed by atoms with Crippen molar-refractivity contribution >= 4 is 35.3 Å². The van der Waals surface area contributed by atoms with Gasteiger partial charge in [-0.25, -0.2) is 0 Å². The van der Waals surface area contributed by atoms with Gasteiger partial charge in [0.05, 0.1) is 6.04 Å². The molecule has 0 radical (unpaired) electrons. The number of hydrogen-bond donors (Lipinski definition) is 2. The molecule has 11 heteroatoms. The molecule has 3 aliphatic rings. The van der Waals surface area contributed by atoms with Crippen LogP contribution in [0.2, 0.25) is 0 Å². The molecule has 5 amide bonds. The van der Waals surface area contributed by atoms with Crippen molar-refractivity contribution in [2.24, 2.45) is 11.5 Å². The van der Waals surface area contributed by atoms with Crippen molar-refractivity contribution in [3.05, 3.63) is 11.8 Å². The minimum absolute atomic E-state index is 0.0121. The fourth-order valence-corrected chi connectivity index (χ4v) is 4.63. The molecule has 0 bridgehead atoms. The van der Waals surface area contributed by atoms with Crippen LogP contribution < -0.4 is 11.5 Å². The number of primary amides is 2. The van der Waals surface area contributed by atoms with Crippen LogP contribution in [-0.4, -0.2) is 81.7 Å². The summed E-state index contributed by atoms with van der Waals surface area (Å²) >= 11 is 0. The lowest BCUT2D eigenvalue weighted by Gasteiger charge is -2.23.